The number of hydrogen-bond acceptors (Lipinski definition) is 2. The summed E-state index contributed by atoms with van der Waals surface area (Å²) in [6.45, 7) is 0. The van der Waals surface area contributed by atoms with E-state index in [-0.39, 0.29) is 7.43 Å². The minimum atomic E-state index is 0. The predicted molar refractivity (Wildman–Crippen MR) is 92.7 cm³/mol. The minimum absolute atomic E-state index is 0. The zero-order chi connectivity index (χ0) is 15.1. The van der Waals surface area contributed by atoms with E-state index in [1.165, 1.54) is 0 Å². The van der Waals surface area contributed by atoms with Crippen LogP contribution in [0, 0.1) is 7.43 Å². The van der Waals surface area contributed by atoms with Crippen LogP contribution in [0.5, 0.6) is 0 Å². The Morgan fingerprint density at radius 2 is 1.73 bits per heavy atom. The average molecular weight is 418 g/mol. The second-order valence-electron chi connectivity index (χ2n) is 4.17. The third kappa shape index (κ3) is 5.17. The van der Waals surface area contributed by atoms with Crippen LogP contribution in [0.3, 0.4) is 0 Å². The molecule has 0 N–H and O–H groups in total. The molecule has 0 saturated carbocycles. The number of rotatable bonds is 2. The van der Waals surface area contributed by atoms with Gasteiger partial charge in [-0.05, 0) is 30.3 Å². The van der Waals surface area contributed by atoms with E-state index < -0.39 is 0 Å². The Balaban J connectivity index is 0.000000775. The number of halogens is 2. The molecular formula is C17H14Cl2N2Ru. The molecular weight excluding hydrogens is 404 g/mol. The van der Waals surface area contributed by atoms with Gasteiger partial charge in [0.05, 0.1) is 23.1 Å². The summed E-state index contributed by atoms with van der Waals surface area (Å²) in [5, 5.41) is 1.81. The molecule has 5 heteroatoms. The molecule has 1 heterocycles. The topological polar surface area (TPSA) is 25.2 Å². The zero-order valence-corrected chi connectivity index (χ0v) is 15.1. The van der Waals surface area contributed by atoms with Gasteiger partial charge in [0, 0.05) is 10.4 Å². The molecule has 1 aromatic heterocycles. The maximum absolute atomic E-state index is 5.92. The van der Waals surface area contributed by atoms with Gasteiger partial charge >= 0.3 is 27.0 Å². The molecule has 0 atom stereocenters. The molecule has 0 amide bonds. The van der Waals surface area contributed by atoms with Gasteiger partial charge in [0.2, 0.25) is 0 Å². The molecule has 0 saturated heterocycles. The summed E-state index contributed by atoms with van der Waals surface area (Å²) in [5.74, 6) is 0. The van der Waals surface area contributed by atoms with E-state index in [1.807, 2.05) is 78.0 Å². The van der Waals surface area contributed by atoms with Gasteiger partial charge in [-0.3, -0.25) is 4.99 Å². The molecule has 0 radical (unpaired) electrons. The van der Waals surface area contributed by atoms with Gasteiger partial charge in [-0.1, -0.05) is 41.9 Å². The monoisotopic (exact) mass is 418 g/mol. The van der Waals surface area contributed by atoms with Crippen LogP contribution in [-0.4, -0.2) is 11.2 Å². The quantitative estimate of drug-likeness (QED) is 0.294. The molecule has 3 rings (SSSR count). The first-order valence-electron chi connectivity index (χ1n) is 6.10. The van der Waals surface area contributed by atoms with Crippen LogP contribution in [0.15, 0.2) is 65.7 Å². The summed E-state index contributed by atoms with van der Waals surface area (Å²) >= 11 is 7.74. The summed E-state index contributed by atoms with van der Waals surface area (Å²) in [7, 11) is 4.57. The number of nitrogens with zero attached hydrogens (tertiary/aromatic N) is 2. The number of pyridine rings is 1. The van der Waals surface area contributed by atoms with E-state index in [2.05, 4.69) is 19.7 Å². The van der Waals surface area contributed by atoms with Crippen molar-refractivity contribution < 1.29 is 17.3 Å². The molecule has 0 aliphatic heterocycles. The first-order valence-corrected chi connectivity index (χ1v) is 8.72. The molecule has 114 valence electrons. The van der Waals surface area contributed by atoms with Gasteiger partial charge in [-0.25, -0.2) is 4.98 Å². The van der Waals surface area contributed by atoms with Crippen LogP contribution < -0.4 is 0 Å². The van der Waals surface area contributed by atoms with Crippen molar-refractivity contribution in [3.8, 4) is 0 Å². The van der Waals surface area contributed by atoms with Crippen molar-refractivity contribution in [1.82, 2.24) is 4.98 Å². The van der Waals surface area contributed by atoms with Gasteiger partial charge in [0.1, 0.15) is 0 Å². The van der Waals surface area contributed by atoms with Crippen molar-refractivity contribution in [2.24, 2.45) is 4.99 Å². The van der Waals surface area contributed by atoms with Crippen molar-refractivity contribution in [2.45, 2.75) is 0 Å². The number of benzene rings is 2. The predicted octanol–water partition coefficient (Wildman–Crippen LogP) is 5.78. The molecule has 2 nitrogen and oxygen atoms in total. The Bertz CT molecular complexity index is 760. The summed E-state index contributed by atoms with van der Waals surface area (Å²) in [5.41, 5.74) is 2.62. The van der Waals surface area contributed by atoms with Crippen LogP contribution in [0.1, 0.15) is 5.69 Å². The van der Waals surface area contributed by atoms with Crippen LogP contribution in [0.2, 0.25) is 5.02 Å². The number of fused-ring (bicyclic) bond motifs is 1. The van der Waals surface area contributed by atoms with Crippen molar-refractivity contribution in [1.29, 1.82) is 0 Å². The van der Waals surface area contributed by atoms with Gasteiger partial charge in [0.25, 0.3) is 0 Å². The Kier molecular flexibility index (Phi) is 8.26. The summed E-state index contributed by atoms with van der Waals surface area (Å²) < 4.78 is 0. The second kappa shape index (κ2) is 9.68. The van der Waals surface area contributed by atoms with E-state index >= 15 is 0 Å². The van der Waals surface area contributed by atoms with Crippen LogP contribution in [0.4, 0.5) is 5.69 Å². The van der Waals surface area contributed by atoms with Crippen LogP contribution in [0.25, 0.3) is 10.9 Å². The Labute approximate surface area is 149 Å². The summed E-state index contributed by atoms with van der Waals surface area (Å²) in [6, 6.07) is 19.4. The molecule has 2 aromatic carbocycles. The fourth-order valence-corrected chi connectivity index (χ4v) is 2.04. The third-order valence-corrected chi connectivity index (χ3v) is 3.01. The van der Waals surface area contributed by atoms with Crippen LogP contribution >= 0.6 is 21.3 Å². The van der Waals surface area contributed by atoms with Crippen molar-refractivity contribution in [3.05, 3.63) is 78.8 Å². The Hall–Kier alpha value is -1.28. The SMILES string of the molecule is Clc1cccc(N=Cc2ccc3ccccc3n2)c1.[CH3-].[Cl][Ru+]. The van der Waals surface area contributed by atoms with E-state index in [1.54, 1.807) is 6.21 Å². The average Bonchev–Trinajstić information content (AvgIpc) is 2.55. The van der Waals surface area contributed by atoms with Gasteiger partial charge in [0.15, 0.2) is 0 Å². The van der Waals surface area contributed by atoms with Crippen molar-refractivity contribution >= 4 is 44.1 Å². The molecule has 0 aliphatic rings. The molecule has 0 aliphatic carbocycles. The van der Waals surface area contributed by atoms with Crippen molar-refractivity contribution in [3.63, 3.8) is 0 Å². The molecule has 0 unspecified atom stereocenters. The molecule has 0 spiro atoms. The van der Waals surface area contributed by atoms with E-state index in [4.69, 9.17) is 11.6 Å². The summed E-state index contributed by atoms with van der Waals surface area (Å²) in [6.07, 6.45) is 1.75. The molecule has 3 aromatic rings. The number of aromatic nitrogens is 1. The van der Waals surface area contributed by atoms with Crippen LogP contribution in [-0.2, 0) is 17.3 Å². The first kappa shape index (κ1) is 18.8. The fraction of sp³-hybridized carbons (Fsp3) is 0. The standard InChI is InChI=1S/C16H11ClN2.CH3.ClH.Ru/c17-13-5-3-6-14(10-13)18-11-15-9-8-12-4-1-2-7-16(12)19-15;;;/h1-11H;1H3;1H;/q;-1;;+2/p-1. The summed E-state index contributed by atoms with van der Waals surface area (Å²) in [4.78, 5) is 8.90. The normalized spacial score (nSPS) is 9.95. The van der Waals surface area contributed by atoms with Gasteiger partial charge in [-0.2, -0.15) is 0 Å². The molecule has 0 fully saturated rings. The zero-order valence-electron chi connectivity index (χ0n) is 11.9. The van der Waals surface area contributed by atoms with Gasteiger partial charge in [-0.15, -0.1) is 0 Å². The molecule has 22 heavy (non-hydrogen) atoms. The van der Waals surface area contributed by atoms with Crippen molar-refractivity contribution in [2.75, 3.05) is 0 Å². The Morgan fingerprint density at radius 3 is 2.50 bits per heavy atom. The number of para-hydroxylation sites is 1. The van der Waals surface area contributed by atoms with E-state index in [9.17, 15) is 0 Å². The number of aliphatic imine (C=N–C) groups is 1. The Morgan fingerprint density at radius 1 is 0.955 bits per heavy atom. The first-order chi connectivity index (χ1) is 10.3. The van der Waals surface area contributed by atoms with E-state index in [0.717, 1.165) is 22.3 Å². The second-order valence-corrected chi connectivity index (χ2v) is 4.60. The third-order valence-electron chi connectivity index (χ3n) is 2.77. The molecule has 0 bridgehead atoms. The number of hydrogen-bond donors (Lipinski definition) is 0. The van der Waals surface area contributed by atoms with Gasteiger partial charge < -0.3 is 7.43 Å². The van der Waals surface area contributed by atoms with E-state index in [0.29, 0.717) is 5.02 Å². The maximum atomic E-state index is 5.92. The fourth-order valence-electron chi connectivity index (χ4n) is 1.85.